The lowest BCUT2D eigenvalue weighted by molar-refractivity contribution is -0.384. The van der Waals surface area contributed by atoms with Gasteiger partial charge in [0.05, 0.1) is 59.6 Å². The minimum atomic E-state index is -4.68. The molecule has 1 spiro atoms. The average Bonchev–Trinajstić information content (AvgIpc) is 4.00. The molecular weight excluding hydrogens is 901 g/mol. The number of pyridine rings is 1. The number of anilines is 2. The summed E-state index contributed by atoms with van der Waals surface area (Å²) in [5, 5.41) is 16.5. The van der Waals surface area contributed by atoms with Crippen LogP contribution in [0, 0.1) is 15.5 Å². The minimum absolute atomic E-state index is 0.0203. The Labute approximate surface area is 401 Å². The number of likely N-dealkylation sites (tertiary alicyclic amines) is 1. The van der Waals surface area contributed by atoms with Crippen LogP contribution in [-0.2, 0) is 19.5 Å². The molecule has 0 bridgehead atoms. The highest BCUT2D eigenvalue weighted by atomic mass is 32.2. The fourth-order valence-electron chi connectivity index (χ4n) is 11.6. The second-order valence-corrected chi connectivity index (χ2v) is 21.5. The first-order chi connectivity index (χ1) is 33.3. The molecule has 5 aliphatic heterocycles. The fourth-order valence-corrected chi connectivity index (χ4v) is 12.6. The van der Waals surface area contributed by atoms with E-state index in [9.17, 15) is 23.3 Å². The number of rotatable bonds is 12. The van der Waals surface area contributed by atoms with Gasteiger partial charge in [0, 0.05) is 73.2 Å². The number of piperidine rings is 1. The molecule has 0 unspecified atom stereocenters. The second kappa shape index (κ2) is 18.0. The molecule has 7 heterocycles. The van der Waals surface area contributed by atoms with Gasteiger partial charge in [0.25, 0.3) is 21.6 Å². The largest absolute Gasteiger partial charge is 0.489 e. The number of aromatic amines is 1. The van der Waals surface area contributed by atoms with Gasteiger partial charge in [0.15, 0.2) is 11.4 Å². The molecule has 1 saturated carbocycles. The molecule has 6 aliphatic rings. The molecule has 362 valence electrons. The smallest absolute Gasteiger partial charge is 0.297 e. The molecule has 11 rings (SSSR count). The number of sulfonamides is 1. The van der Waals surface area contributed by atoms with Crippen molar-refractivity contribution in [3.63, 3.8) is 0 Å². The van der Waals surface area contributed by atoms with Gasteiger partial charge in [0.1, 0.15) is 23.8 Å². The summed E-state index contributed by atoms with van der Waals surface area (Å²) in [6.45, 7) is 13.6. The topological polar surface area (TPSA) is 194 Å². The lowest BCUT2D eigenvalue weighted by Crippen LogP contribution is -2.62. The molecule has 17 nitrogen and oxygen atoms in total. The van der Waals surface area contributed by atoms with Crippen LogP contribution in [0.2, 0.25) is 0 Å². The molecular formula is C51H58N8O9S. The van der Waals surface area contributed by atoms with Crippen LogP contribution in [0.1, 0.15) is 79.9 Å². The van der Waals surface area contributed by atoms with Crippen LogP contribution in [0.25, 0.3) is 16.6 Å². The first kappa shape index (κ1) is 45.4. The highest BCUT2D eigenvalue weighted by Crippen LogP contribution is 2.54. The van der Waals surface area contributed by atoms with E-state index in [0.29, 0.717) is 49.8 Å². The van der Waals surface area contributed by atoms with Crippen molar-refractivity contribution >= 4 is 49.6 Å². The predicted molar refractivity (Wildman–Crippen MR) is 261 cm³/mol. The minimum Gasteiger partial charge on any atom is -0.489 e. The summed E-state index contributed by atoms with van der Waals surface area (Å²) in [7, 11) is -4.68. The molecule has 1 aliphatic carbocycles. The van der Waals surface area contributed by atoms with Crippen molar-refractivity contribution in [2.45, 2.75) is 93.6 Å². The SMILES string of the molecule is C=C(C)c1ccccc1[C@@H]1CCCN1C1CC2(CCN(c3ccc(C(=O)NS(=O)(=O)c4cc5c(c([N+](=O)[O-])c4)N[C@H]([C@H]4CN(C6COC6)[C@H](C)CO4)CO5)c(Oc4cnc5[nH]ccc5c4)c3)CC2)C1. The summed E-state index contributed by atoms with van der Waals surface area (Å²) in [6.07, 6.45) is 9.73. The van der Waals surface area contributed by atoms with Gasteiger partial charge >= 0.3 is 0 Å². The normalized spacial score (nSPS) is 24.2. The number of nitro benzene ring substituents is 1. The number of nitro groups is 1. The van der Waals surface area contributed by atoms with Gasteiger partial charge in [-0.25, -0.2) is 18.1 Å². The van der Waals surface area contributed by atoms with E-state index < -0.39 is 37.5 Å². The number of nitrogens with zero attached hydrogens (tertiary/aromatic N) is 5. The Morgan fingerprint density at radius 1 is 0.986 bits per heavy atom. The van der Waals surface area contributed by atoms with Gasteiger partial charge in [-0.15, -0.1) is 0 Å². The predicted octanol–water partition coefficient (Wildman–Crippen LogP) is 7.66. The standard InChI is InChI=1S/C51H58N8O9S/c1-31(2)39-7-4-5-8-40(39)43-9-6-16-57(43)35-23-51(24-35)13-17-56(18-14-51)34-10-11-41(45(20-34)68-37-19-33-12-15-52-49(33)53-25-37)50(60)55-69(63,64)38-21-44(59(61)62)48-46(22-38)67-30-42(54-48)47-26-58(32(3)27-66-47)36-28-65-29-36/h4-5,7-8,10-12,15,19-22,25,32,35-36,42-43,47,54H,1,6,9,13-14,16-18,23-24,26-30H2,2-3H3,(H,52,53)(H,55,60)/t32-,42+,43+,47-/m1/s1. The number of carbonyl (C=O) groups is 1. The average molecular weight is 959 g/mol. The Morgan fingerprint density at radius 3 is 2.57 bits per heavy atom. The first-order valence-electron chi connectivity index (χ1n) is 24.1. The maximum Gasteiger partial charge on any atom is 0.297 e. The third-order valence-corrected chi connectivity index (χ3v) is 16.8. The molecule has 5 aromatic rings. The van der Waals surface area contributed by atoms with Crippen molar-refractivity contribution < 1.29 is 37.1 Å². The Hall–Kier alpha value is -6.05. The summed E-state index contributed by atoms with van der Waals surface area (Å²) in [6, 6.07) is 20.6. The van der Waals surface area contributed by atoms with Gasteiger partial charge in [-0.3, -0.25) is 24.7 Å². The highest BCUT2D eigenvalue weighted by Gasteiger charge is 2.50. The highest BCUT2D eigenvalue weighted by molar-refractivity contribution is 7.90. The van der Waals surface area contributed by atoms with E-state index in [1.807, 2.05) is 12.1 Å². The van der Waals surface area contributed by atoms with Crippen molar-refractivity contribution in [3.05, 3.63) is 113 Å². The first-order valence-corrected chi connectivity index (χ1v) is 25.5. The zero-order valence-corrected chi connectivity index (χ0v) is 39.7. The van der Waals surface area contributed by atoms with E-state index in [-0.39, 0.29) is 53.0 Å². The fraction of sp³-hybridized carbons (Fsp3) is 0.451. The van der Waals surface area contributed by atoms with Gasteiger partial charge in [-0.1, -0.05) is 36.4 Å². The number of hydrogen-bond acceptors (Lipinski definition) is 14. The van der Waals surface area contributed by atoms with Crippen molar-refractivity contribution in [1.29, 1.82) is 0 Å². The monoisotopic (exact) mass is 958 g/mol. The van der Waals surface area contributed by atoms with E-state index in [4.69, 9.17) is 18.9 Å². The summed E-state index contributed by atoms with van der Waals surface area (Å²) in [5.41, 5.74) is 5.03. The maximum absolute atomic E-state index is 14.2. The lowest BCUT2D eigenvalue weighted by atomic mass is 9.59. The van der Waals surface area contributed by atoms with Crippen molar-refractivity contribution in [1.82, 2.24) is 24.5 Å². The maximum atomic E-state index is 14.2. The number of H-pyrrole nitrogens is 1. The molecule has 3 N–H and O–H groups in total. The molecule has 2 aromatic heterocycles. The van der Waals surface area contributed by atoms with Crippen LogP contribution < -0.4 is 24.4 Å². The lowest BCUT2D eigenvalue weighted by Gasteiger charge is -2.56. The van der Waals surface area contributed by atoms with Crippen molar-refractivity contribution in [2.75, 3.05) is 62.8 Å². The number of carbonyl (C=O) groups excluding carboxylic acids is 1. The Morgan fingerprint density at radius 2 is 1.80 bits per heavy atom. The third-order valence-electron chi connectivity index (χ3n) is 15.5. The zero-order valence-electron chi connectivity index (χ0n) is 38.9. The summed E-state index contributed by atoms with van der Waals surface area (Å²) in [5.74, 6) is -0.505. The molecule has 69 heavy (non-hydrogen) atoms. The Bertz CT molecular complexity index is 2920. The van der Waals surface area contributed by atoms with E-state index in [2.05, 4.69) is 79.4 Å². The summed E-state index contributed by atoms with van der Waals surface area (Å²) < 4.78 is 54.3. The Kier molecular flexibility index (Phi) is 11.9. The van der Waals surface area contributed by atoms with E-state index >= 15 is 0 Å². The molecule has 3 aromatic carbocycles. The zero-order chi connectivity index (χ0) is 47.6. The number of aromatic nitrogens is 2. The van der Waals surface area contributed by atoms with Crippen LogP contribution >= 0.6 is 0 Å². The van der Waals surface area contributed by atoms with Crippen molar-refractivity contribution in [2.24, 2.45) is 5.41 Å². The molecule has 4 saturated heterocycles. The third kappa shape index (κ3) is 8.70. The number of nitrogens with one attached hydrogen (secondary N) is 3. The number of fused-ring (bicyclic) bond motifs is 2. The van der Waals surface area contributed by atoms with E-state index in [0.717, 1.165) is 61.6 Å². The van der Waals surface area contributed by atoms with Crippen LogP contribution in [0.5, 0.6) is 17.2 Å². The second-order valence-electron chi connectivity index (χ2n) is 19.9. The molecule has 5 fully saturated rings. The number of morpholine rings is 1. The van der Waals surface area contributed by atoms with E-state index in [1.54, 1.807) is 24.4 Å². The number of benzene rings is 3. The van der Waals surface area contributed by atoms with Gasteiger partial charge < -0.3 is 34.1 Å². The summed E-state index contributed by atoms with van der Waals surface area (Å²) >= 11 is 0. The van der Waals surface area contributed by atoms with Gasteiger partial charge in [-0.05, 0) is 99.7 Å². The number of hydrogen-bond donors (Lipinski definition) is 3. The van der Waals surface area contributed by atoms with Gasteiger partial charge in [0.2, 0.25) is 0 Å². The van der Waals surface area contributed by atoms with Crippen LogP contribution in [0.3, 0.4) is 0 Å². The van der Waals surface area contributed by atoms with Crippen LogP contribution in [0.15, 0.2) is 90.6 Å². The van der Waals surface area contributed by atoms with Crippen LogP contribution in [0.4, 0.5) is 17.1 Å². The van der Waals surface area contributed by atoms with E-state index in [1.165, 1.54) is 42.7 Å². The van der Waals surface area contributed by atoms with Crippen LogP contribution in [-0.4, -0.2) is 122 Å². The quantitative estimate of drug-likeness (QED) is 0.0815. The molecule has 1 amide bonds. The molecule has 18 heteroatoms. The summed E-state index contributed by atoms with van der Waals surface area (Å²) in [4.78, 5) is 40.4. The van der Waals surface area contributed by atoms with Crippen molar-refractivity contribution in [3.8, 4) is 17.2 Å². The number of allylic oxidation sites excluding steroid dienone is 1. The molecule has 0 radical (unpaired) electrons. The Balaban J connectivity index is 0.798. The molecule has 4 atom stereocenters. The number of amides is 1. The number of ether oxygens (including phenoxy) is 4. The van der Waals surface area contributed by atoms with Gasteiger partial charge in [-0.2, -0.15) is 0 Å².